The summed E-state index contributed by atoms with van der Waals surface area (Å²) in [4.78, 5) is 11.9. The second-order valence-electron chi connectivity index (χ2n) is 4.50. The lowest BCUT2D eigenvalue weighted by Gasteiger charge is -2.10. The van der Waals surface area contributed by atoms with Crippen LogP contribution in [0.4, 0.5) is 16.2 Å². The smallest absolute Gasteiger partial charge is 0.308 e. The lowest BCUT2D eigenvalue weighted by Crippen LogP contribution is -2.19. The van der Waals surface area contributed by atoms with Gasteiger partial charge in [-0.2, -0.15) is 0 Å². The zero-order valence-corrected chi connectivity index (χ0v) is 12.6. The van der Waals surface area contributed by atoms with Crippen LogP contribution in [0.3, 0.4) is 0 Å². The SMILES string of the molecule is Cc1ccc(NC(=O)Nc2cc(Cl)ccc2Cl)cc1C. The van der Waals surface area contributed by atoms with E-state index in [1.807, 2.05) is 32.0 Å². The van der Waals surface area contributed by atoms with Crippen molar-refractivity contribution >= 4 is 40.6 Å². The average Bonchev–Trinajstić information content (AvgIpc) is 2.38. The fraction of sp³-hybridized carbons (Fsp3) is 0.133. The van der Waals surface area contributed by atoms with E-state index in [0.717, 1.165) is 11.3 Å². The number of carbonyl (C=O) groups is 1. The highest BCUT2D eigenvalue weighted by Gasteiger charge is 2.07. The molecule has 104 valence electrons. The lowest BCUT2D eigenvalue weighted by molar-refractivity contribution is 0.262. The summed E-state index contributed by atoms with van der Waals surface area (Å²) in [6.45, 7) is 4.01. The van der Waals surface area contributed by atoms with E-state index in [4.69, 9.17) is 23.2 Å². The Morgan fingerprint density at radius 3 is 2.40 bits per heavy atom. The van der Waals surface area contributed by atoms with Gasteiger partial charge in [0.1, 0.15) is 0 Å². The van der Waals surface area contributed by atoms with Gasteiger partial charge in [-0.15, -0.1) is 0 Å². The molecule has 0 unspecified atom stereocenters. The molecule has 3 nitrogen and oxygen atoms in total. The molecule has 0 aliphatic carbocycles. The van der Waals surface area contributed by atoms with Crippen molar-refractivity contribution in [2.24, 2.45) is 0 Å². The number of anilines is 2. The van der Waals surface area contributed by atoms with Crippen molar-refractivity contribution in [3.8, 4) is 0 Å². The molecule has 0 aliphatic rings. The Labute approximate surface area is 127 Å². The molecule has 20 heavy (non-hydrogen) atoms. The number of rotatable bonds is 2. The first-order valence-electron chi connectivity index (χ1n) is 6.06. The van der Waals surface area contributed by atoms with Crippen LogP contribution in [0.5, 0.6) is 0 Å². The first-order valence-corrected chi connectivity index (χ1v) is 6.81. The molecular weight excluding hydrogens is 295 g/mol. The van der Waals surface area contributed by atoms with Gasteiger partial charge >= 0.3 is 6.03 Å². The predicted molar refractivity (Wildman–Crippen MR) is 85.0 cm³/mol. The van der Waals surface area contributed by atoms with Gasteiger partial charge in [-0.3, -0.25) is 0 Å². The molecule has 0 heterocycles. The minimum absolute atomic E-state index is 0.364. The fourth-order valence-electron chi connectivity index (χ4n) is 1.70. The molecule has 0 bridgehead atoms. The molecule has 0 fully saturated rings. The number of urea groups is 1. The van der Waals surface area contributed by atoms with Gasteiger partial charge in [0.15, 0.2) is 0 Å². The van der Waals surface area contributed by atoms with E-state index in [1.165, 1.54) is 5.56 Å². The van der Waals surface area contributed by atoms with Gasteiger partial charge in [-0.25, -0.2) is 4.79 Å². The molecule has 0 aliphatic heterocycles. The maximum Gasteiger partial charge on any atom is 0.323 e. The number of aryl methyl sites for hydroxylation is 2. The molecule has 0 aromatic heterocycles. The number of benzene rings is 2. The second-order valence-corrected chi connectivity index (χ2v) is 5.35. The Morgan fingerprint density at radius 1 is 0.950 bits per heavy atom. The van der Waals surface area contributed by atoms with Gasteiger partial charge in [0.2, 0.25) is 0 Å². The number of hydrogen-bond donors (Lipinski definition) is 2. The quantitative estimate of drug-likeness (QED) is 0.781. The average molecular weight is 309 g/mol. The molecule has 0 spiro atoms. The summed E-state index contributed by atoms with van der Waals surface area (Å²) in [5.74, 6) is 0. The van der Waals surface area contributed by atoms with Crippen LogP contribution in [0.1, 0.15) is 11.1 Å². The molecule has 2 aromatic carbocycles. The number of halogens is 2. The van der Waals surface area contributed by atoms with Gasteiger partial charge in [0.25, 0.3) is 0 Å². The molecule has 0 saturated carbocycles. The van der Waals surface area contributed by atoms with Crippen LogP contribution in [-0.4, -0.2) is 6.03 Å². The summed E-state index contributed by atoms with van der Waals surface area (Å²) in [5, 5.41) is 6.37. The number of amides is 2. The topological polar surface area (TPSA) is 41.1 Å². The highest BCUT2D eigenvalue weighted by Crippen LogP contribution is 2.25. The van der Waals surface area contributed by atoms with Crippen molar-refractivity contribution in [2.75, 3.05) is 10.6 Å². The van der Waals surface area contributed by atoms with Crippen LogP contribution in [-0.2, 0) is 0 Å². The third-order valence-electron chi connectivity index (χ3n) is 2.94. The van der Waals surface area contributed by atoms with Gasteiger partial charge in [0, 0.05) is 10.7 Å². The maximum absolute atomic E-state index is 11.9. The minimum atomic E-state index is -0.364. The minimum Gasteiger partial charge on any atom is -0.308 e. The summed E-state index contributed by atoms with van der Waals surface area (Å²) in [6.07, 6.45) is 0. The monoisotopic (exact) mass is 308 g/mol. The predicted octanol–water partition coefficient (Wildman–Crippen LogP) is 5.25. The van der Waals surface area contributed by atoms with Crippen LogP contribution < -0.4 is 10.6 Å². The zero-order valence-electron chi connectivity index (χ0n) is 11.1. The molecule has 0 radical (unpaired) electrons. The van der Waals surface area contributed by atoms with E-state index in [1.54, 1.807) is 18.2 Å². The van der Waals surface area contributed by atoms with E-state index in [9.17, 15) is 4.79 Å². The van der Waals surface area contributed by atoms with E-state index >= 15 is 0 Å². The third kappa shape index (κ3) is 3.65. The van der Waals surface area contributed by atoms with Crippen molar-refractivity contribution < 1.29 is 4.79 Å². The van der Waals surface area contributed by atoms with Gasteiger partial charge in [-0.1, -0.05) is 29.3 Å². The second kappa shape index (κ2) is 6.16. The first kappa shape index (κ1) is 14.7. The Morgan fingerprint density at radius 2 is 1.70 bits per heavy atom. The Balaban J connectivity index is 2.09. The normalized spacial score (nSPS) is 10.2. The third-order valence-corrected chi connectivity index (χ3v) is 3.51. The Hall–Kier alpha value is -1.71. The summed E-state index contributed by atoms with van der Waals surface area (Å²) in [7, 11) is 0. The number of nitrogens with one attached hydrogen (secondary N) is 2. The molecule has 0 saturated heterocycles. The van der Waals surface area contributed by atoms with Crippen molar-refractivity contribution in [2.45, 2.75) is 13.8 Å². The fourth-order valence-corrected chi connectivity index (χ4v) is 2.03. The number of hydrogen-bond acceptors (Lipinski definition) is 1. The summed E-state index contributed by atoms with van der Waals surface area (Å²) >= 11 is 11.9. The molecule has 5 heteroatoms. The van der Waals surface area contributed by atoms with Crippen molar-refractivity contribution in [1.82, 2.24) is 0 Å². The standard InChI is InChI=1S/C15H14Cl2N2O/c1-9-3-5-12(7-10(9)2)18-15(20)19-14-8-11(16)4-6-13(14)17/h3-8H,1-2H3,(H2,18,19,20). The van der Waals surface area contributed by atoms with Crippen LogP contribution in [0.15, 0.2) is 36.4 Å². The maximum atomic E-state index is 11.9. The van der Waals surface area contributed by atoms with E-state index < -0.39 is 0 Å². The van der Waals surface area contributed by atoms with Gasteiger partial charge in [0.05, 0.1) is 10.7 Å². The first-order chi connectivity index (χ1) is 9.45. The van der Waals surface area contributed by atoms with Gasteiger partial charge < -0.3 is 10.6 Å². The Kier molecular flexibility index (Phi) is 4.53. The highest BCUT2D eigenvalue weighted by molar-refractivity contribution is 6.35. The van der Waals surface area contributed by atoms with E-state index in [0.29, 0.717) is 15.7 Å². The molecule has 0 atom stereocenters. The van der Waals surface area contributed by atoms with Crippen LogP contribution in [0.25, 0.3) is 0 Å². The largest absolute Gasteiger partial charge is 0.323 e. The number of carbonyl (C=O) groups excluding carboxylic acids is 1. The summed E-state index contributed by atoms with van der Waals surface area (Å²) in [6, 6.07) is 10.3. The van der Waals surface area contributed by atoms with Crippen LogP contribution in [0, 0.1) is 13.8 Å². The van der Waals surface area contributed by atoms with Gasteiger partial charge in [-0.05, 0) is 55.3 Å². The molecule has 2 amide bonds. The van der Waals surface area contributed by atoms with Crippen molar-refractivity contribution in [1.29, 1.82) is 0 Å². The molecule has 2 aromatic rings. The van der Waals surface area contributed by atoms with Crippen molar-refractivity contribution in [3.05, 3.63) is 57.6 Å². The lowest BCUT2D eigenvalue weighted by atomic mass is 10.1. The summed E-state index contributed by atoms with van der Waals surface area (Å²) < 4.78 is 0. The molecule has 2 N–H and O–H groups in total. The molecular formula is C15H14Cl2N2O. The van der Waals surface area contributed by atoms with E-state index in [2.05, 4.69) is 10.6 Å². The Bertz CT molecular complexity index is 656. The summed E-state index contributed by atoms with van der Waals surface area (Å²) in [5.41, 5.74) is 3.49. The van der Waals surface area contributed by atoms with Crippen LogP contribution in [0.2, 0.25) is 10.0 Å². The highest BCUT2D eigenvalue weighted by atomic mass is 35.5. The van der Waals surface area contributed by atoms with Crippen molar-refractivity contribution in [3.63, 3.8) is 0 Å². The van der Waals surface area contributed by atoms with E-state index in [-0.39, 0.29) is 6.03 Å². The van der Waals surface area contributed by atoms with Crippen LogP contribution >= 0.6 is 23.2 Å². The molecule has 2 rings (SSSR count). The zero-order chi connectivity index (χ0) is 14.7.